The fraction of sp³-hybridized carbons (Fsp3) is 0.333. The number of halogens is 2. The van der Waals surface area contributed by atoms with Crippen molar-refractivity contribution < 1.29 is 13.2 Å². The van der Waals surface area contributed by atoms with E-state index in [-0.39, 0.29) is 5.04 Å². The quantitative estimate of drug-likeness (QED) is 0.682. The highest BCUT2D eigenvalue weighted by molar-refractivity contribution is 6.74. The second kappa shape index (κ2) is 6.32. The molecule has 124 valence electrons. The fourth-order valence-electron chi connectivity index (χ4n) is 1.79. The van der Waals surface area contributed by atoms with Gasteiger partial charge in [0.05, 0.1) is 0 Å². The van der Waals surface area contributed by atoms with Crippen molar-refractivity contribution in [3.05, 3.63) is 54.1 Å². The Bertz CT molecular complexity index is 678. The lowest BCUT2D eigenvalue weighted by Crippen LogP contribution is -2.43. The van der Waals surface area contributed by atoms with Crippen molar-refractivity contribution in [2.75, 3.05) is 5.32 Å². The molecule has 0 spiro atoms. The molecule has 0 heterocycles. The molecule has 0 unspecified atom stereocenters. The standard InChI is InChI=1S/C18H23F2NOSi/c1-18(2,3)23(4,5)22-15-9-6-13(7-10-15)21-14-8-11-16(19)17(20)12-14/h6-12,21H,1-5H3. The summed E-state index contributed by atoms with van der Waals surface area (Å²) < 4.78 is 32.3. The Morgan fingerprint density at radius 3 is 1.96 bits per heavy atom. The van der Waals surface area contributed by atoms with Crippen LogP contribution in [0.4, 0.5) is 20.2 Å². The average molecular weight is 335 g/mol. The number of hydrogen-bond donors (Lipinski definition) is 1. The van der Waals surface area contributed by atoms with Crippen molar-refractivity contribution in [1.29, 1.82) is 0 Å². The van der Waals surface area contributed by atoms with Crippen molar-refractivity contribution in [3.63, 3.8) is 0 Å². The zero-order valence-electron chi connectivity index (χ0n) is 14.2. The number of hydrogen-bond acceptors (Lipinski definition) is 2. The molecular weight excluding hydrogens is 312 g/mol. The van der Waals surface area contributed by atoms with E-state index in [2.05, 4.69) is 39.2 Å². The summed E-state index contributed by atoms with van der Waals surface area (Å²) in [6.45, 7) is 11.0. The number of benzene rings is 2. The third-order valence-corrected chi connectivity index (χ3v) is 8.60. The van der Waals surface area contributed by atoms with Crippen LogP contribution >= 0.6 is 0 Å². The van der Waals surface area contributed by atoms with Gasteiger partial charge in [-0.2, -0.15) is 0 Å². The van der Waals surface area contributed by atoms with E-state index in [0.29, 0.717) is 5.69 Å². The van der Waals surface area contributed by atoms with E-state index in [4.69, 9.17) is 4.43 Å². The molecule has 2 nitrogen and oxygen atoms in total. The molecule has 2 aromatic rings. The number of anilines is 2. The predicted octanol–water partition coefficient (Wildman–Crippen LogP) is 6.09. The molecular formula is C18H23F2NOSi. The Labute approximate surface area is 137 Å². The van der Waals surface area contributed by atoms with Gasteiger partial charge in [-0.25, -0.2) is 8.78 Å². The van der Waals surface area contributed by atoms with Gasteiger partial charge < -0.3 is 9.74 Å². The van der Waals surface area contributed by atoms with E-state index in [1.807, 2.05) is 24.3 Å². The van der Waals surface area contributed by atoms with Gasteiger partial charge in [0.1, 0.15) is 5.75 Å². The van der Waals surface area contributed by atoms with Gasteiger partial charge in [-0.3, -0.25) is 0 Å². The molecule has 0 aliphatic carbocycles. The van der Waals surface area contributed by atoms with Crippen LogP contribution in [0.1, 0.15) is 20.8 Å². The first-order chi connectivity index (χ1) is 10.6. The molecule has 5 heteroatoms. The van der Waals surface area contributed by atoms with Gasteiger partial charge in [0.15, 0.2) is 11.6 Å². The summed E-state index contributed by atoms with van der Waals surface area (Å²) in [6.07, 6.45) is 0. The zero-order valence-corrected chi connectivity index (χ0v) is 15.2. The first-order valence-electron chi connectivity index (χ1n) is 7.60. The van der Waals surface area contributed by atoms with Gasteiger partial charge in [0.2, 0.25) is 8.32 Å². The van der Waals surface area contributed by atoms with Crippen molar-refractivity contribution in [1.82, 2.24) is 0 Å². The Kier molecular flexibility index (Phi) is 4.80. The molecule has 0 bridgehead atoms. The third-order valence-electron chi connectivity index (χ3n) is 4.24. The SMILES string of the molecule is CC(C)(C)[Si](C)(C)Oc1ccc(Nc2ccc(F)c(F)c2)cc1. The molecule has 23 heavy (non-hydrogen) atoms. The van der Waals surface area contributed by atoms with Crippen molar-refractivity contribution in [3.8, 4) is 5.75 Å². The number of nitrogens with one attached hydrogen (secondary N) is 1. The fourth-order valence-corrected chi connectivity index (χ4v) is 2.83. The molecule has 0 atom stereocenters. The van der Waals surface area contributed by atoms with Crippen LogP contribution in [0.2, 0.25) is 18.1 Å². The highest BCUT2D eigenvalue weighted by Crippen LogP contribution is 2.37. The Balaban J connectivity index is 2.09. The van der Waals surface area contributed by atoms with Crippen LogP contribution in [0, 0.1) is 11.6 Å². The summed E-state index contributed by atoms with van der Waals surface area (Å²) in [5, 5.41) is 3.18. The lowest BCUT2D eigenvalue weighted by Gasteiger charge is -2.36. The van der Waals surface area contributed by atoms with Crippen LogP contribution in [0.3, 0.4) is 0 Å². The second-order valence-corrected chi connectivity index (χ2v) is 11.9. The first-order valence-corrected chi connectivity index (χ1v) is 10.5. The molecule has 2 aromatic carbocycles. The first kappa shape index (κ1) is 17.5. The minimum Gasteiger partial charge on any atom is -0.544 e. The molecule has 1 N–H and O–H groups in total. The normalized spacial score (nSPS) is 12.1. The summed E-state index contributed by atoms with van der Waals surface area (Å²) in [5.41, 5.74) is 1.29. The third kappa shape index (κ3) is 4.32. The molecule has 0 aliphatic rings. The van der Waals surface area contributed by atoms with E-state index < -0.39 is 20.0 Å². The van der Waals surface area contributed by atoms with Gasteiger partial charge >= 0.3 is 0 Å². The van der Waals surface area contributed by atoms with Gasteiger partial charge in [0.25, 0.3) is 0 Å². The Morgan fingerprint density at radius 2 is 1.43 bits per heavy atom. The van der Waals surface area contributed by atoms with E-state index in [0.717, 1.165) is 23.6 Å². The van der Waals surface area contributed by atoms with E-state index in [9.17, 15) is 8.78 Å². The van der Waals surface area contributed by atoms with E-state index in [1.54, 1.807) is 0 Å². The molecule has 0 saturated carbocycles. The Hall–Kier alpha value is -1.88. The van der Waals surface area contributed by atoms with Crippen LogP contribution in [0.25, 0.3) is 0 Å². The van der Waals surface area contributed by atoms with Crippen molar-refractivity contribution in [2.45, 2.75) is 38.9 Å². The van der Waals surface area contributed by atoms with Crippen LogP contribution < -0.4 is 9.74 Å². The molecule has 0 aromatic heterocycles. The van der Waals surface area contributed by atoms with E-state index in [1.165, 1.54) is 6.07 Å². The molecule has 0 saturated heterocycles. The van der Waals surface area contributed by atoms with E-state index >= 15 is 0 Å². The molecule has 2 rings (SSSR count). The van der Waals surface area contributed by atoms with Crippen LogP contribution in [0.5, 0.6) is 5.75 Å². The molecule has 0 aliphatic heterocycles. The maximum absolute atomic E-state index is 13.2. The summed E-state index contributed by atoms with van der Waals surface area (Å²) in [6, 6.07) is 11.2. The average Bonchev–Trinajstić information content (AvgIpc) is 2.43. The van der Waals surface area contributed by atoms with Gasteiger partial charge in [-0.15, -0.1) is 0 Å². The van der Waals surface area contributed by atoms with Crippen molar-refractivity contribution >= 4 is 19.7 Å². The van der Waals surface area contributed by atoms with Crippen LogP contribution in [-0.2, 0) is 0 Å². The minimum absolute atomic E-state index is 0.134. The minimum atomic E-state index is -1.86. The number of rotatable bonds is 4. The monoisotopic (exact) mass is 335 g/mol. The van der Waals surface area contributed by atoms with Gasteiger partial charge in [-0.05, 0) is 54.5 Å². The summed E-state index contributed by atoms with van der Waals surface area (Å²) in [7, 11) is -1.86. The topological polar surface area (TPSA) is 21.3 Å². The largest absolute Gasteiger partial charge is 0.544 e. The Morgan fingerprint density at radius 1 is 0.870 bits per heavy atom. The molecule has 0 radical (unpaired) electrons. The lowest BCUT2D eigenvalue weighted by atomic mass is 10.2. The zero-order chi connectivity index (χ0) is 17.3. The van der Waals surface area contributed by atoms with Crippen molar-refractivity contribution in [2.24, 2.45) is 0 Å². The summed E-state index contributed by atoms with van der Waals surface area (Å²) in [5.74, 6) is -0.894. The van der Waals surface area contributed by atoms with Crippen LogP contribution in [0.15, 0.2) is 42.5 Å². The maximum Gasteiger partial charge on any atom is 0.250 e. The summed E-state index contributed by atoms with van der Waals surface area (Å²) in [4.78, 5) is 0. The maximum atomic E-state index is 13.2. The lowest BCUT2D eigenvalue weighted by molar-refractivity contribution is 0.492. The highest BCUT2D eigenvalue weighted by Gasteiger charge is 2.38. The highest BCUT2D eigenvalue weighted by atomic mass is 28.4. The van der Waals surface area contributed by atoms with Crippen LogP contribution in [-0.4, -0.2) is 8.32 Å². The van der Waals surface area contributed by atoms with Gasteiger partial charge in [0, 0.05) is 17.4 Å². The smallest absolute Gasteiger partial charge is 0.250 e. The summed E-state index contributed by atoms with van der Waals surface area (Å²) >= 11 is 0. The molecule has 0 fully saturated rings. The predicted molar refractivity (Wildman–Crippen MR) is 93.9 cm³/mol. The second-order valence-electron chi connectivity index (χ2n) is 7.14. The van der Waals surface area contributed by atoms with Gasteiger partial charge in [-0.1, -0.05) is 20.8 Å². The molecule has 0 amide bonds.